The Labute approximate surface area is 204 Å². The van der Waals surface area contributed by atoms with Crippen molar-refractivity contribution in [3.05, 3.63) is 57.6 Å². The van der Waals surface area contributed by atoms with Crippen molar-refractivity contribution in [2.45, 2.75) is 39.2 Å². The molecule has 1 atom stereocenters. The van der Waals surface area contributed by atoms with E-state index in [0.717, 1.165) is 12.0 Å². The van der Waals surface area contributed by atoms with E-state index in [9.17, 15) is 14.7 Å². The SMILES string of the molecule is CC(C)COC(=O)[C@H](Cc1ccccc1)NC(=O)c1cc(Cl)c(OCCCCN)c(Cl)c1O. The van der Waals surface area contributed by atoms with Crippen molar-refractivity contribution < 1.29 is 24.2 Å². The Morgan fingerprint density at radius 3 is 2.48 bits per heavy atom. The second-order valence-electron chi connectivity index (χ2n) is 7.98. The second-order valence-corrected chi connectivity index (χ2v) is 8.77. The summed E-state index contributed by atoms with van der Waals surface area (Å²) < 4.78 is 10.9. The Hall–Kier alpha value is -2.48. The van der Waals surface area contributed by atoms with Gasteiger partial charge in [0, 0.05) is 6.42 Å². The Morgan fingerprint density at radius 2 is 1.85 bits per heavy atom. The molecule has 0 fully saturated rings. The predicted octanol–water partition coefficient (Wildman–Crippen LogP) is 4.36. The van der Waals surface area contributed by atoms with E-state index in [1.54, 1.807) is 0 Å². The summed E-state index contributed by atoms with van der Waals surface area (Å²) in [7, 11) is 0. The lowest BCUT2D eigenvalue weighted by atomic mass is 10.0. The quantitative estimate of drug-likeness (QED) is 0.297. The van der Waals surface area contributed by atoms with E-state index in [2.05, 4.69) is 5.32 Å². The van der Waals surface area contributed by atoms with E-state index < -0.39 is 23.7 Å². The number of rotatable bonds is 12. The standard InChI is InChI=1S/C24H30Cl2N2O5/c1-15(2)14-33-24(31)19(12-16-8-4-3-5-9-16)28-23(30)17-13-18(25)22(20(26)21(17)29)32-11-7-6-10-27/h3-5,8-9,13,15,19,29H,6-7,10-12,14,27H2,1-2H3,(H,28,30)/t19-/m0/s1. The highest BCUT2D eigenvalue weighted by Gasteiger charge is 2.27. The summed E-state index contributed by atoms with van der Waals surface area (Å²) in [5.74, 6) is -1.55. The minimum atomic E-state index is -0.970. The second kappa shape index (κ2) is 13.3. The number of nitrogens with one attached hydrogen (secondary N) is 1. The van der Waals surface area contributed by atoms with Crippen LogP contribution in [0.1, 0.15) is 42.6 Å². The van der Waals surface area contributed by atoms with Gasteiger partial charge in [-0.25, -0.2) is 4.79 Å². The summed E-state index contributed by atoms with van der Waals surface area (Å²) in [6.45, 7) is 4.89. The maximum absolute atomic E-state index is 13.0. The summed E-state index contributed by atoms with van der Waals surface area (Å²) in [5.41, 5.74) is 6.13. The van der Waals surface area contributed by atoms with Gasteiger partial charge in [-0.05, 0) is 36.9 Å². The summed E-state index contributed by atoms with van der Waals surface area (Å²) in [6.07, 6.45) is 1.66. The molecule has 0 unspecified atom stereocenters. The number of hydrogen-bond donors (Lipinski definition) is 3. The number of esters is 1. The van der Waals surface area contributed by atoms with Crippen molar-refractivity contribution in [1.29, 1.82) is 0 Å². The first-order chi connectivity index (χ1) is 15.7. The van der Waals surface area contributed by atoms with Crippen LogP contribution in [0, 0.1) is 5.92 Å². The number of carbonyl (C=O) groups is 2. The largest absolute Gasteiger partial charge is 0.505 e. The Balaban J connectivity index is 2.22. The first kappa shape index (κ1) is 26.8. The van der Waals surface area contributed by atoms with Crippen molar-refractivity contribution in [2.24, 2.45) is 11.7 Å². The lowest BCUT2D eigenvalue weighted by Crippen LogP contribution is -2.43. The van der Waals surface area contributed by atoms with Gasteiger partial charge in [0.15, 0.2) is 11.5 Å². The molecule has 9 heteroatoms. The maximum Gasteiger partial charge on any atom is 0.329 e. The molecule has 1 amide bonds. The Morgan fingerprint density at radius 1 is 1.15 bits per heavy atom. The zero-order valence-corrected chi connectivity index (χ0v) is 20.3. The molecule has 0 aliphatic rings. The van der Waals surface area contributed by atoms with Gasteiger partial charge in [0.1, 0.15) is 11.1 Å². The molecule has 0 radical (unpaired) electrons. The van der Waals surface area contributed by atoms with Crippen molar-refractivity contribution in [1.82, 2.24) is 5.32 Å². The number of nitrogens with two attached hydrogens (primary N) is 1. The average molecular weight is 497 g/mol. The van der Waals surface area contributed by atoms with Crippen molar-refractivity contribution in [2.75, 3.05) is 19.8 Å². The number of benzene rings is 2. The molecule has 0 saturated heterocycles. The van der Waals surface area contributed by atoms with Crippen LogP contribution in [0.25, 0.3) is 0 Å². The van der Waals surface area contributed by atoms with Gasteiger partial charge in [0.25, 0.3) is 5.91 Å². The Bertz CT molecular complexity index is 938. The number of hydrogen-bond acceptors (Lipinski definition) is 6. The number of ether oxygens (including phenoxy) is 2. The fourth-order valence-corrected chi connectivity index (χ4v) is 3.51. The zero-order chi connectivity index (χ0) is 24.4. The third-order valence-electron chi connectivity index (χ3n) is 4.67. The smallest absolute Gasteiger partial charge is 0.329 e. The molecule has 7 nitrogen and oxygen atoms in total. The fraction of sp³-hybridized carbons (Fsp3) is 0.417. The van der Waals surface area contributed by atoms with Crippen LogP contribution in [0.2, 0.25) is 10.0 Å². The van der Waals surface area contributed by atoms with Crippen LogP contribution in [-0.2, 0) is 16.0 Å². The van der Waals surface area contributed by atoms with Crippen molar-refractivity contribution in [3.63, 3.8) is 0 Å². The molecular formula is C24H30Cl2N2O5. The van der Waals surface area contributed by atoms with Gasteiger partial charge < -0.3 is 25.6 Å². The molecule has 2 rings (SSSR count). The number of halogens is 2. The van der Waals surface area contributed by atoms with Crippen LogP contribution in [0.15, 0.2) is 36.4 Å². The van der Waals surface area contributed by atoms with Crippen LogP contribution in [0.3, 0.4) is 0 Å². The van der Waals surface area contributed by atoms with Crippen LogP contribution in [0.5, 0.6) is 11.5 Å². The molecule has 0 aromatic heterocycles. The monoisotopic (exact) mass is 496 g/mol. The number of phenolic OH excluding ortho intramolecular Hbond substituents is 1. The van der Waals surface area contributed by atoms with E-state index >= 15 is 0 Å². The molecule has 33 heavy (non-hydrogen) atoms. The van der Waals surface area contributed by atoms with Crippen LogP contribution >= 0.6 is 23.2 Å². The highest BCUT2D eigenvalue weighted by molar-refractivity contribution is 6.39. The van der Waals surface area contributed by atoms with Crippen LogP contribution in [-0.4, -0.2) is 42.8 Å². The zero-order valence-electron chi connectivity index (χ0n) is 18.8. The molecule has 0 saturated carbocycles. The average Bonchev–Trinajstić information content (AvgIpc) is 2.79. The molecule has 0 bridgehead atoms. The number of unbranched alkanes of at least 4 members (excludes halogenated alkanes) is 1. The topological polar surface area (TPSA) is 111 Å². The highest BCUT2D eigenvalue weighted by atomic mass is 35.5. The summed E-state index contributed by atoms with van der Waals surface area (Å²) >= 11 is 12.5. The van der Waals surface area contributed by atoms with Crippen LogP contribution in [0.4, 0.5) is 0 Å². The molecule has 2 aromatic rings. The van der Waals surface area contributed by atoms with E-state index in [0.29, 0.717) is 19.6 Å². The Kier molecular flexibility index (Phi) is 10.8. The van der Waals surface area contributed by atoms with Gasteiger partial charge in [-0.2, -0.15) is 0 Å². The van der Waals surface area contributed by atoms with E-state index in [1.165, 1.54) is 6.07 Å². The lowest BCUT2D eigenvalue weighted by Gasteiger charge is -2.20. The number of amides is 1. The molecule has 0 aliphatic heterocycles. The fourth-order valence-electron chi connectivity index (χ4n) is 2.95. The molecular weight excluding hydrogens is 467 g/mol. The van der Waals surface area contributed by atoms with Gasteiger partial charge in [-0.3, -0.25) is 4.79 Å². The van der Waals surface area contributed by atoms with Gasteiger partial charge in [0.2, 0.25) is 0 Å². The minimum absolute atomic E-state index is 0.0673. The number of carbonyl (C=O) groups excluding carboxylic acids is 2. The predicted molar refractivity (Wildman–Crippen MR) is 129 cm³/mol. The minimum Gasteiger partial charge on any atom is -0.505 e. The summed E-state index contributed by atoms with van der Waals surface area (Å²) in [6, 6.07) is 9.51. The van der Waals surface area contributed by atoms with Gasteiger partial charge in [0.05, 0.1) is 23.8 Å². The third-order valence-corrected chi connectivity index (χ3v) is 5.30. The molecule has 0 aliphatic carbocycles. The normalized spacial score (nSPS) is 11.8. The van der Waals surface area contributed by atoms with E-state index in [-0.39, 0.29) is 40.3 Å². The van der Waals surface area contributed by atoms with Gasteiger partial charge in [-0.15, -0.1) is 0 Å². The lowest BCUT2D eigenvalue weighted by molar-refractivity contribution is -0.147. The third kappa shape index (κ3) is 8.11. The molecule has 0 spiro atoms. The molecule has 180 valence electrons. The van der Waals surface area contributed by atoms with E-state index in [1.807, 2.05) is 44.2 Å². The summed E-state index contributed by atoms with van der Waals surface area (Å²) in [5, 5.41) is 13.0. The molecule has 0 heterocycles. The maximum atomic E-state index is 13.0. The first-order valence-corrected chi connectivity index (χ1v) is 11.5. The van der Waals surface area contributed by atoms with Crippen LogP contribution < -0.4 is 15.8 Å². The van der Waals surface area contributed by atoms with Crippen molar-refractivity contribution in [3.8, 4) is 11.5 Å². The summed E-state index contributed by atoms with van der Waals surface area (Å²) in [4.78, 5) is 25.7. The van der Waals surface area contributed by atoms with E-state index in [4.69, 9.17) is 38.4 Å². The number of aromatic hydroxyl groups is 1. The van der Waals surface area contributed by atoms with Gasteiger partial charge >= 0.3 is 5.97 Å². The number of phenols is 1. The highest BCUT2D eigenvalue weighted by Crippen LogP contribution is 2.42. The molecule has 4 N–H and O–H groups in total. The van der Waals surface area contributed by atoms with Crippen molar-refractivity contribution >= 4 is 35.1 Å². The first-order valence-electron chi connectivity index (χ1n) is 10.8. The van der Waals surface area contributed by atoms with Gasteiger partial charge in [-0.1, -0.05) is 67.4 Å². The molecule has 2 aromatic carbocycles.